The summed E-state index contributed by atoms with van der Waals surface area (Å²) in [6.07, 6.45) is 0. The number of anilines is 1. The zero-order chi connectivity index (χ0) is 17.9. The van der Waals surface area contributed by atoms with Crippen LogP contribution in [0.25, 0.3) is 5.82 Å². The minimum atomic E-state index is -0.397. The van der Waals surface area contributed by atoms with E-state index in [-0.39, 0.29) is 5.91 Å². The summed E-state index contributed by atoms with van der Waals surface area (Å²) >= 11 is 1.34. The Morgan fingerprint density at radius 2 is 1.79 bits per heavy atom. The zero-order valence-corrected chi connectivity index (χ0v) is 15.6. The summed E-state index contributed by atoms with van der Waals surface area (Å²) in [6, 6.07) is -0.397. The van der Waals surface area contributed by atoms with Crippen LogP contribution in [0.2, 0.25) is 0 Å². The normalized spacial score (nSPS) is 15.7. The quantitative estimate of drug-likeness (QED) is 0.529. The Bertz CT molecular complexity index is 661. The van der Waals surface area contributed by atoms with Crippen molar-refractivity contribution in [2.24, 2.45) is 4.99 Å². The first-order valence-electron chi connectivity index (χ1n) is 8.14. The maximum Gasteiger partial charge on any atom is 0.319 e. The van der Waals surface area contributed by atoms with Gasteiger partial charge in [-0.15, -0.1) is 5.10 Å². The number of amidine groups is 1. The van der Waals surface area contributed by atoms with Crippen molar-refractivity contribution in [2.45, 2.75) is 27.7 Å². The van der Waals surface area contributed by atoms with E-state index in [1.807, 2.05) is 32.6 Å². The van der Waals surface area contributed by atoms with Crippen molar-refractivity contribution < 1.29 is 14.6 Å². The summed E-state index contributed by atoms with van der Waals surface area (Å²) in [7, 11) is 1.65. The standard InChI is InChI=1S/C15H24N6O2S/c1-6-19(7-2)11(13(22)20(8-3)9-4)12-17-14(23)18(5)15-21(12)16-10-24-15/h10H,6-9H2,1-5H3. The first kappa shape index (κ1) is 18.2. The van der Waals surface area contributed by atoms with E-state index in [9.17, 15) is 9.90 Å². The van der Waals surface area contributed by atoms with Gasteiger partial charge in [-0.2, -0.15) is 0 Å². The molecule has 0 radical (unpaired) electrons. The second-order valence-electron chi connectivity index (χ2n) is 5.21. The van der Waals surface area contributed by atoms with Crippen molar-refractivity contribution >= 4 is 34.2 Å². The fourth-order valence-electron chi connectivity index (χ4n) is 2.60. The van der Waals surface area contributed by atoms with Gasteiger partial charge in [-0.3, -0.25) is 4.79 Å². The van der Waals surface area contributed by atoms with Crippen molar-refractivity contribution in [1.29, 1.82) is 0 Å². The van der Waals surface area contributed by atoms with E-state index >= 15 is 0 Å². The molecule has 0 atom stereocenters. The maximum atomic E-state index is 13.1. The molecular formula is C15H24N6O2S. The molecular weight excluding hydrogens is 328 g/mol. The van der Waals surface area contributed by atoms with Crippen LogP contribution in [0.4, 0.5) is 5.13 Å². The number of hydrogen-bond donors (Lipinski definition) is 0. The largest absolute Gasteiger partial charge is 0.820 e. The lowest BCUT2D eigenvalue weighted by Gasteiger charge is -2.29. The molecule has 24 heavy (non-hydrogen) atoms. The van der Waals surface area contributed by atoms with Crippen molar-refractivity contribution in [3.8, 4) is 0 Å². The van der Waals surface area contributed by atoms with Gasteiger partial charge in [0.2, 0.25) is 6.02 Å². The predicted octanol–water partition coefficient (Wildman–Crippen LogP) is -0.0670. The molecule has 9 heteroatoms. The smallest absolute Gasteiger partial charge is 0.319 e. The molecule has 0 bridgehead atoms. The molecule has 0 fully saturated rings. The van der Waals surface area contributed by atoms with E-state index in [2.05, 4.69) is 10.1 Å². The predicted molar refractivity (Wildman–Crippen MR) is 92.2 cm³/mol. The number of amides is 1. The Morgan fingerprint density at radius 3 is 2.33 bits per heavy atom. The fraction of sp³-hybridized carbons (Fsp3) is 0.600. The highest BCUT2D eigenvalue weighted by molar-refractivity contribution is 7.13. The molecule has 1 aromatic heterocycles. The van der Waals surface area contributed by atoms with Crippen LogP contribution in [-0.2, 0) is 4.79 Å². The summed E-state index contributed by atoms with van der Waals surface area (Å²) in [5, 5.41) is 17.2. The molecule has 0 spiro atoms. The SMILES string of the molecule is CCN(CC)C(=O)/C(=C1\N=C([O-])N(C)c2scn[n+]21)N(CC)CC. The number of aliphatic imine (C=N–C) groups is 1. The number of nitrogens with zero attached hydrogens (tertiary/aromatic N) is 6. The lowest BCUT2D eigenvalue weighted by atomic mass is 10.2. The van der Waals surface area contributed by atoms with Gasteiger partial charge in [0.1, 0.15) is 5.51 Å². The lowest BCUT2D eigenvalue weighted by molar-refractivity contribution is -0.631. The number of fused-ring (bicyclic) bond motifs is 1. The van der Waals surface area contributed by atoms with Gasteiger partial charge in [0.05, 0.1) is 7.05 Å². The van der Waals surface area contributed by atoms with E-state index in [0.29, 0.717) is 42.8 Å². The molecule has 8 nitrogen and oxygen atoms in total. The fourth-order valence-corrected chi connectivity index (χ4v) is 3.31. The van der Waals surface area contributed by atoms with Crippen LogP contribution >= 0.6 is 11.3 Å². The Balaban J connectivity index is 2.69. The average Bonchev–Trinajstić information content (AvgIpc) is 3.07. The topological polar surface area (TPSA) is 79.0 Å². The molecule has 0 unspecified atom stereocenters. The molecule has 0 saturated carbocycles. The lowest BCUT2D eigenvalue weighted by Crippen LogP contribution is -2.53. The van der Waals surface area contributed by atoms with E-state index < -0.39 is 6.02 Å². The molecule has 0 aromatic carbocycles. The second kappa shape index (κ2) is 7.61. The molecule has 1 aliphatic heterocycles. The van der Waals surface area contributed by atoms with Crippen molar-refractivity contribution in [1.82, 2.24) is 14.9 Å². The van der Waals surface area contributed by atoms with Gasteiger partial charge in [0, 0.05) is 26.2 Å². The van der Waals surface area contributed by atoms with Gasteiger partial charge in [-0.1, -0.05) is 21.0 Å². The number of hydrogen-bond acceptors (Lipinski definition) is 7. The summed E-state index contributed by atoms with van der Waals surface area (Å²) in [4.78, 5) is 22.3. The third kappa shape index (κ3) is 3.08. The van der Waals surface area contributed by atoms with Gasteiger partial charge in [-0.25, -0.2) is 4.90 Å². The average molecular weight is 352 g/mol. The highest BCUT2D eigenvalue weighted by Gasteiger charge is 2.36. The molecule has 2 heterocycles. The molecule has 1 amide bonds. The van der Waals surface area contributed by atoms with Crippen LogP contribution in [0.3, 0.4) is 0 Å². The molecule has 132 valence electrons. The van der Waals surface area contributed by atoms with Crippen molar-refractivity contribution in [2.75, 3.05) is 38.1 Å². The van der Waals surface area contributed by atoms with Crippen LogP contribution in [0.5, 0.6) is 0 Å². The van der Waals surface area contributed by atoms with Gasteiger partial charge in [-0.05, 0) is 27.7 Å². The highest BCUT2D eigenvalue weighted by Crippen LogP contribution is 2.23. The number of likely N-dealkylation sites (N-methyl/N-ethyl adjacent to an activating group) is 2. The Kier molecular flexibility index (Phi) is 5.76. The number of carbonyl (C=O) groups excluding carboxylic acids is 1. The maximum absolute atomic E-state index is 13.1. The minimum Gasteiger partial charge on any atom is -0.820 e. The van der Waals surface area contributed by atoms with Crippen LogP contribution in [0.15, 0.2) is 16.2 Å². The van der Waals surface area contributed by atoms with Crippen molar-refractivity contribution in [3.05, 3.63) is 11.2 Å². The first-order chi connectivity index (χ1) is 11.5. The summed E-state index contributed by atoms with van der Waals surface area (Å²) in [5.74, 6) is 0.168. The third-order valence-electron chi connectivity index (χ3n) is 4.02. The summed E-state index contributed by atoms with van der Waals surface area (Å²) in [5.41, 5.74) is 2.06. The third-order valence-corrected chi connectivity index (χ3v) is 4.88. The summed E-state index contributed by atoms with van der Waals surface area (Å²) < 4.78 is 1.57. The highest BCUT2D eigenvalue weighted by atomic mass is 32.1. The van der Waals surface area contributed by atoms with Gasteiger partial charge >= 0.3 is 11.0 Å². The minimum absolute atomic E-state index is 0.133. The molecule has 0 saturated heterocycles. The Labute approximate surface area is 146 Å². The number of rotatable bonds is 6. The van der Waals surface area contributed by atoms with E-state index in [1.54, 1.807) is 22.1 Å². The zero-order valence-electron chi connectivity index (χ0n) is 14.8. The monoisotopic (exact) mass is 352 g/mol. The molecule has 1 aliphatic rings. The van der Waals surface area contributed by atoms with E-state index in [4.69, 9.17) is 0 Å². The molecule has 1 aromatic rings. The van der Waals surface area contributed by atoms with Crippen LogP contribution in [-0.4, -0.2) is 60.1 Å². The molecule has 0 N–H and O–H groups in total. The number of carbonyl (C=O) groups is 1. The van der Waals surface area contributed by atoms with Crippen LogP contribution in [0.1, 0.15) is 27.7 Å². The molecule has 2 rings (SSSR count). The Morgan fingerprint density at radius 1 is 1.21 bits per heavy atom. The van der Waals surface area contributed by atoms with Crippen molar-refractivity contribution in [3.63, 3.8) is 0 Å². The number of aromatic nitrogens is 2. The van der Waals surface area contributed by atoms with Gasteiger partial charge < -0.3 is 14.9 Å². The second-order valence-corrected chi connectivity index (χ2v) is 6.02. The van der Waals surface area contributed by atoms with Gasteiger partial charge in [0.25, 0.3) is 5.91 Å². The van der Waals surface area contributed by atoms with Crippen LogP contribution < -0.4 is 14.7 Å². The summed E-state index contributed by atoms with van der Waals surface area (Å²) in [6.45, 7) is 10.3. The van der Waals surface area contributed by atoms with Gasteiger partial charge in [0.15, 0.2) is 5.70 Å². The van der Waals surface area contributed by atoms with E-state index in [1.165, 1.54) is 16.2 Å². The van der Waals surface area contributed by atoms with E-state index in [0.717, 1.165) is 0 Å². The molecule has 0 aliphatic carbocycles. The Hall–Kier alpha value is -2.16. The van der Waals surface area contributed by atoms with Crippen LogP contribution in [0, 0.1) is 0 Å². The first-order valence-corrected chi connectivity index (χ1v) is 9.02.